The molecule has 2 aromatic carbocycles. The maximum Gasteiger partial charge on any atom is 0.413 e. The minimum Gasteiger partial charge on any atom is -0.444 e. The van der Waals surface area contributed by atoms with E-state index in [1.165, 1.54) is 11.3 Å². The minimum absolute atomic E-state index is 0.0779. The molecule has 0 bridgehead atoms. The van der Waals surface area contributed by atoms with Gasteiger partial charge in [0, 0.05) is 17.0 Å². The number of nitrogens with one attached hydrogen (secondary N) is 1. The predicted molar refractivity (Wildman–Crippen MR) is 107 cm³/mol. The number of ether oxygens (including phenoxy) is 1. The standard InChI is InChI=1S/C20H14N4O3S/c25-18-17(24-20(26)27-12-13-6-2-1-3-7-13)23-16(19-21-10-11-28-19)14-8-4-5-9-15(14)22-18/h1-11H,12H2,(H,22,23,24,25,26). The number of nitrogens with zero attached hydrogens (tertiary/aromatic N) is 3. The van der Waals surface area contributed by atoms with E-state index in [0.717, 1.165) is 5.56 Å². The lowest BCUT2D eigenvalue weighted by atomic mass is 10.2. The van der Waals surface area contributed by atoms with E-state index in [2.05, 4.69) is 20.3 Å². The molecule has 2 aromatic heterocycles. The second-order valence-corrected chi connectivity index (χ2v) is 6.66. The van der Waals surface area contributed by atoms with E-state index in [4.69, 9.17) is 4.74 Å². The van der Waals surface area contributed by atoms with Gasteiger partial charge in [0.2, 0.25) is 5.82 Å². The summed E-state index contributed by atoms with van der Waals surface area (Å²) < 4.78 is 5.18. The van der Waals surface area contributed by atoms with E-state index < -0.39 is 11.7 Å². The third-order valence-corrected chi connectivity index (χ3v) is 4.66. The summed E-state index contributed by atoms with van der Waals surface area (Å²) >= 11 is 1.38. The van der Waals surface area contributed by atoms with Gasteiger partial charge >= 0.3 is 11.7 Å². The second kappa shape index (κ2) is 7.93. The molecule has 0 aliphatic heterocycles. The van der Waals surface area contributed by atoms with Crippen LogP contribution in [0.25, 0.3) is 21.6 Å². The molecule has 1 amide bonds. The normalized spacial score (nSPS) is 10.6. The number of rotatable bonds is 4. The highest BCUT2D eigenvalue weighted by atomic mass is 32.1. The van der Waals surface area contributed by atoms with Gasteiger partial charge in [0.05, 0.1) is 5.52 Å². The van der Waals surface area contributed by atoms with Gasteiger partial charge < -0.3 is 4.74 Å². The Hall–Kier alpha value is -3.65. The minimum atomic E-state index is -0.782. The Morgan fingerprint density at radius 2 is 1.82 bits per heavy atom. The Balaban J connectivity index is 1.68. The fraction of sp³-hybridized carbons (Fsp3) is 0.0500. The van der Waals surface area contributed by atoms with Gasteiger partial charge in [-0.15, -0.1) is 11.3 Å². The molecule has 2 heterocycles. The topological polar surface area (TPSA) is 94.1 Å². The van der Waals surface area contributed by atoms with Crippen LogP contribution < -0.4 is 10.9 Å². The van der Waals surface area contributed by atoms with Crippen molar-refractivity contribution >= 4 is 34.2 Å². The van der Waals surface area contributed by atoms with Crippen molar-refractivity contribution in [1.82, 2.24) is 15.0 Å². The lowest BCUT2D eigenvalue weighted by Crippen LogP contribution is -2.20. The van der Waals surface area contributed by atoms with E-state index in [1.807, 2.05) is 47.8 Å². The van der Waals surface area contributed by atoms with Crippen LogP contribution in [0.4, 0.5) is 10.6 Å². The first kappa shape index (κ1) is 17.7. The average molecular weight is 390 g/mol. The van der Waals surface area contributed by atoms with Crippen molar-refractivity contribution < 1.29 is 9.53 Å². The number of carbonyl (C=O) groups is 1. The maximum atomic E-state index is 12.5. The number of hydrogen-bond donors (Lipinski definition) is 1. The van der Waals surface area contributed by atoms with E-state index in [1.54, 1.807) is 18.3 Å². The lowest BCUT2D eigenvalue weighted by molar-refractivity contribution is 0.155. The first-order valence-corrected chi connectivity index (χ1v) is 9.27. The Labute approximate surface area is 163 Å². The van der Waals surface area contributed by atoms with Crippen molar-refractivity contribution in [2.75, 3.05) is 5.32 Å². The smallest absolute Gasteiger partial charge is 0.413 e. The van der Waals surface area contributed by atoms with Crippen LogP contribution in [0.1, 0.15) is 5.56 Å². The lowest BCUT2D eigenvalue weighted by Gasteiger charge is -2.05. The first-order valence-electron chi connectivity index (χ1n) is 8.39. The molecule has 4 aromatic rings. The molecule has 1 N–H and O–H groups in total. The van der Waals surface area contributed by atoms with E-state index >= 15 is 0 Å². The largest absolute Gasteiger partial charge is 0.444 e. The number of anilines is 1. The molecule has 8 heteroatoms. The summed E-state index contributed by atoms with van der Waals surface area (Å²) in [5.41, 5.74) is 1.11. The van der Waals surface area contributed by atoms with Crippen molar-refractivity contribution in [3.05, 3.63) is 82.1 Å². The number of amides is 1. The van der Waals surface area contributed by atoms with E-state index in [9.17, 15) is 9.59 Å². The van der Waals surface area contributed by atoms with Gasteiger partial charge in [-0.05, 0) is 11.6 Å². The fourth-order valence-electron chi connectivity index (χ4n) is 2.59. The van der Waals surface area contributed by atoms with Crippen LogP contribution in [0, 0.1) is 0 Å². The quantitative estimate of drug-likeness (QED) is 0.569. The summed E-state index contributed by atoms with van der Waals surface area (Å²) in [6.07, 6.45) is 0.867. The molecule has 28 heavy (non-hydrogen) atoms. The fourth-order valence-corrected chi connectivity index (χ4v) is 3.23. The van der Waals surface area contributed by atoms with Crippen LogP contribution in [-0.4, -0.2) is 21.0 Å². The Bertz CT molecular complexity index is 1180. The Kier molecular flexibility index (Phi) is 5.03. The van der Waals surface area contributed by atoms with Gasteiger partial charge in [-0.3, -0.25) is 10.1 Å². The summed E-state index contributed by atoms with van der Waals surface area (Å²) in [6, 6.07) is 16.4. The molecular weight excluding hydrogens is 376 g/mol. The molecule has 7 nitrogen and oxygen atoms in total. The highest BCUT2D eigenvalue weighted by Gasteiger charge is 2.14. The number of benzene rings is 2. The molecule has 0 saturated carbocycles. The molecule has 138 valence electrons. The molecule has 0 aliphatic carbocycles. The van der Waals surface area contributed by atoms with E-state index in [0.29, 0.717) is 21.6 Å². The first-order chi connectivity index (χ1) is 13.7. The van der Waals surface area contributed by atoms with E-state index in [-0.39, 0.29) is 12.4 Å². The SMILES string of the molecule is O=C(Nc1nc(-c2nccs2)c2ccccc2nc1=O)OCc1ccccc1. The van der Waals surface area contributed by atoms with Crippen molar-refractivity contribution in [2.24, 2.45) is 0 Å². The molecule has 0 spiro atoms. The summed E-state index contributed by atoms with van der Waals surface area (Å²) in [4.78, 5) is 37.4. The zero-order chi connectivity index (χ0) is 19.3. The highest BCUT2D eigenvalue weighted by molar-refractivity contribution is 7.13. The van der Waals surface area contributed by atoms with Gasteiger partial charge in [-0.1, -0.05) is 48.5 Å². The number of aromatic nitrogens is 3. The summed E-state index contributed by atoms with van der Waals surface area (Å²) in [5.74, 6) is -0.209. The summed E-state index contributed by atoms with van der Waals surface area (Å²) in [7, 11) is 0. The monoisotopic (exact) mass is 390 g/mol. The van der Waals surface area contributed by atoms with Crippen molar-refractivity contribution in [3.8, 4) is 10.7 Å². The van der Waals surface area contributed by atoms with Gasteiger partial charge in [0.1, 0.15) is 17.3 Å². The zero-order valence-electron chi connectivity index (χ0n) is 14.5. The number of fused-ring (bicyclic) bond motifs is 1. The third-order valence-electron chi connectivity index (χ3n) is 3.88. The average Bonchev–Trinajstić information content (AvgIpc) is 3.21. The van der Waals surface area contributed by atoms with Crippen LogP contribution >= 0.6 is 11.3 Å². The van der Waals surface area contributed by atoms with Crippen molar-refractivity contribution in [2.45, 2.75) is 6.61 Å². The maximum absolute atomic E-state index is 12.5. The molecule has 0 unspecified atom stereocenters. The molecule has 0 radical (unpaired) electrons. The Morgan fingerprint density at radius 3 is 2.61 bits per heavy atom. The van der Waals surface area contributed by atoms with Gasteiger partial charge in [-0.2, -0.15) is 0 Å². The molecule has 4 rings (SSSR count). The van der Waals surface area contributed by atoms with Gasteiger partial charge in [0.25, 0.3) is 0 Å². The Morgan fingerprint density at radius 1 is 1.04 bits per heavy atom. The number of para-hydroxylation sites is 1. The van der Waals surface area contributed by atoms with Gasteiger partial charge in [0.15, 0.2) is 0 Å². The number of thiazole rings is 1. The van der Waals surface area contributed by atoms with Crippen LogP contribution in [0.3, 0.4) is 0 Å². The van der Waals surface area contributed by atoms with Crippen LogP contribution in [0.15, 0.2) is 71.0 Å². The number of hydrogen-bond acceptors (Lipinski definition) is 7. The summed E-state index contributed by atoms with van der Waals surface area (Å²) in [6.45, 7) is 0.0779. The molecule has 0 saturated heterocycles. The molecule has 0 aliphatic rings. The van der Waals surface area contributed by atoms with Crippen molar-refractivity contribution in [3.63, 3.8) is 0 Å². The molecular formula is C20H14N4O3S. The zero-order valence-corrected chi connectivity index (χ0v) is 15.3. The summed E-state index contributed by atoms with van der Waals surface area (Å²) in [5, 5.41) is 5.50. The van der Waals surface area contributed by atoms with Crippen LogP contribution in [0.5, 0.6) is 0 Å². The van der Waals surface area contributed by atoms with Crippen molar-refractivity contribution in [1.29, 1.82) is 0 Å². The molecule has 0 fully saturated rings. The highest BCUT2D eigenvalue weighted by Crippen LogP contribution is 2.26. The molecule has 0 atom stereocenters. The second-order valence-electron chi connectivity index (χ2n) is 5.77. The predicted octanol–water partition coefficient (Wildman–Crippen LogP) is 3.86. The van der Waals surface area contributed by atoms with Crippen LogP contribution in [0.2, 0.25) is 0 Å². The van der Waals surface area contributed by atoms with Gasteiger partial charge in [-0.25, -0.2) is 19.7 Å². The van der Waals surface area contributed by atoms with Crippen LogP contribution in [-0.2, 0) is 11.3 Å². The third kappa shape index (κ3) is 3.86. The number of carbonyl (C=O) groups excluding carboxylic acids is 1.